The Kier molecular flexibility index (Phi) is 10.9. The molecule has 188 valence electrons. The van der Waals surface area contributed by atoms with Gasteiger partial charge in [-0.05, 0) is 70.1 Å². The molecule has 7 atom stereocenters. The molecular weight excluding hydrogens is 428 g/mol. The molecule has 1 heterocycles. The molecule has 1 saturated carbocycles. The van der Waals surface area contributed by atoms with Crippen LogP contribution in [-0.2, 0) is 19.0 Å². The highest BCUT2D eigenvalue weighted by Crippen LogP contribution is 2.49. The van der Waals surface area contributed by atoms with Crippen LogP contribution < -0.4 is 0 Å². The van der Waals surface area contributed by atoms with Crippen LogP contribution in [0, 0.1) is 35.5 Å². The van der Waals surface area contributed by atoms with Crippen molar-refractivity contribution in [2.45, 2.75) is 90.6 Å². The first-order valence-electron chi connectivity index (χ1n) is 13.1. The molecule has 0 bridgehead atoms. The molecule has 0 radical (unpaired) electrons. The van der Waals surface area contributed by atoms with Crippen LogP contribution in [0.2, 0.25) is 0 Å². The third kappa shape index (κ3) is 7.83. The molecule has 0 aromatic carbocycles. The molecule has 1 N–H and O–H groups in total. The highest BCUT2D eigenvalue weighted by atomic mass is 16.7. The highest BCUT2D eigenvalue weighted by Gasteiger charge is 2.45. The van der Waals surface area contributed by atoms with Gasteiger partial charge in [0.05, 0.1) is 18.8 Å². The number of esters is 1. The fraction of sp³-hybridized carbons (Fsp3) is 0.690. The van der Waals surface area contributed by atoms with Crippen molar-refractivity contribution < 1.29 is 24.1 Å². The van der Waals surface area contributed by atoms with E-state index < -0.39 is 6.10 Å². The number of aliphatic hydroxyl groups excluding tert-OH is 1. The summed E-state index contributed by atoms with van der Waals surface area (Å²) in [5.41, 5.74) is 1.33. The average molecular weight is 471 g/mol. The Morgan fingerprint density at radius 1 is 1.38 bits per heavy atom. The molecule has 0 aromatic heterocycles. The molecule has 0 spiro atoms. The first-order chi connectivity index (χ1) is 16.5. The molecule has 5 heteroatoms. The lowest BCUT2D eigenvalue weighted by Crippen LogP contribution is -2.31. The van der Waals surface area contributed by atoms with Crippen LogP contribution in [0.15, 0.2) is 36.0 Å². The normalized spacial score (nSPS) is 30.6. The topological polar surface area (TPSA) is 65.0 Å². The van der Waals surface area contributed by atoms with E-state index in [1.54, 1.807) is 0 Å². The van der Waals surface area contributed by atoms with Gasteiger partial charge in [-0.15, -0.1) is 11.8 Å². The molecule has 0 aromatic rings. The lowest BCUT2D eigenvalue weighted by atomic mass is 9.88. The van der Waals surface area contributed by atoms with Crippen LogP contribution in [0.3, 0.4) is 0 Å². The van der Waals surface area contributed by atoms with Gasteiger partial charge in [0.1, 0.15) is 0 Å². The van der Waals surface area contributed by atoms with Crippen molar-refractivity contribution in [2.24, 2.45) is 23.7 Å². The summed E-state index contributed by atoms with van der Waals surface area (Å²) in [6.07, 6.45) is 17.3. The number of carbonyl (C=O) groups excluding carboxylic acids is 1. The first-order valence-corrected chi connectivity index (χ1v) is 13.1. The largest absolute Gasteiger partial charge is 0.466 e. The first kappa shape index (κ1) is 26.7. The number of allylic oxidation sites excluding steroid dienone is 4. The average Bonchev–Trinajstić information content (AvgIpc) is 3.36. The summed E-state index contributed by atoms with van der Waals surface area (Å²) >= 11 is 0. The predicted octanol–water partition coefficient (Wildman–Crippen LogP) is 5.35. The van der Waals surface area contributed by atoms with Gasteiger partial charge >= 0.3 is 5.97 Å². The van der Waals surface area contributed by atoms with Gasteiger partial charge in [-0.25, -0.2) is 0 Å². The summed E-state index contributed by atoms with van der Waals surface area (Å²) in [5.74, 6) is 7.12. The van der Waals surface area contributed by atoms with E-state index in [0.29, 0.717) is 37.7 Å². The van der Waals surface area contributed by atoms with Gasteiger partial charge in [0.2, 0.25) is 0 Å². The minimum Gasteiger partial charge on any atom is -0.466 e. The minimum absolute atomic E-state index is 0.0986. The maximum absolute atomic E-state index is 11.5. The van der Waals surface area contributed by atoms with E-state index in [9.17, 15) is 9.90 Å². The zero-order chi connectivity index (χ0) is 24.3. The van der Waals surface area contributed by atoms with Crippen LogP contribution >= 0.6 is 0 Å². The summed E-state index contributed by atoms with van der Waals surface area (Å²) in [6.45, 7) is 6.91. The number of ether oxygens (including phenoxy) is 3. The molecule has 1 aliphatic heterocycles. The molecule has 0 amide bonds. The van der Waals surface area contributed by atoms with Gasteiger partial charge in [0.25, 0.3) is 0 Å². The molecule has 3 unspecified atom stereocenters. The number of carbonyl (C=O) groups is 1. The number of hydrogen-bond donors (Lipinski definition) is 1. The highest BCUT2D eigenvalue weighted by molar-refractivity contribution is 5.69. The van der Waals surface area contributed by atoms with Gasteiger partial charge in [-0.1, -0.05) is 42.9 Å². The van der Waals surface area contributed by atoms with Crippen molar-refractivity contribution in [1.29, 1.82) is 0 Å². The quantitative estimate of drug-likeness (QED) is 0.251. The third-order valence-corrected chi connectivity index (χ3v) is 7.21. The summed E-state index contributed by atoms with van der Waals surface area (Å²) in [6, 6.07) is 0. The maximum atomic E-state index is 11.5. The lowest BCUT2D eigenvalue weighted by molar-refractivity contribution is -0.192. The van der Waals surface area contributed by atoms with Crippen LogP contribution in [0.5, 0.6) is 0 Å². The second-order valence-corrected chi connectivity index (χ2v) is 9.79. The van der Waals surface area contributed by atoms with Crippen LogP contribution in [0.1, 0.15) is 72.1 Å². The van der Waals surface area contributed by atoms with Gasteiger partial charge in [-0.3, -0.25) is 4.79 Å². The lowest BCUT2D eigenvalue weighted by Gasteiger charge is -2.29. The fourth-order valence-electron chi connectivity index (χ4n) is 5.29. The number of hydrogen-bond acceptors (Lipinski definition) is 5. The Hall–Kier alpha value is -1.87. The summed E-state index contributed by atoms with van der Waals surface area (Å²) in [7, 11) is 0. The molecule has 3 aliphatic rings. The zero-order valence-electron chi connectivity index (χ0n) is 21.1. The Bertz CT molecular complexity index is 795. The molecule has 1 saturated heterocycles. The van der Waals surface area contributed by atoms with E-state index in [-0.39, 0.29) is 30.2 Å². The Morgan fingerprint density at radius 3 is 2.97 bits per heavy atom. The Labute approximate surface area is 205 Å². The third-order valence-electron chi connectivity index (χ3n) is 7.21. The van der Waals surface area contributed by atoms with E-state index in [4.69, 9.17) is 14.2 Å². The van der Waals surface area contributed by atoms with Crippen molar-refractivity contribution in [1.82, 2.24) is 0 Å². The molecule has 2 aliphatic carbocycles. The Balaban J connectivity index is 1.62. The Morgan fingerprint density at radius 2 is 2.24 bits per heavy atom. The SMILES string of the molecule is CC#CCC(C)C(O)/C=C\[C@H]1[C@H]2CC(C=CCCC(=O)OCC)=C[C@H]2C[C@H]1OC1CCCCO1. The summed E-state index contributed by atoms with van der Waals surface area (Å²) in [5, 5.41) is 10.6. The summed E-state index contributed by atoms with van der Waals surface area (Å²) < 4.78 is 17.3. The van der Waals surface area contributed by atoms with Crippen LogP contribution in [-0.4, -0.2) is 42.8 Å². The van der Waals surface area contributed by atoms with Crippen molar-refractivity contribution in [2.75, 3.05) is 13.2 Å². The fourth-order valence-corrected chi connectivity index (χ4v) is 5.29. The van der Waals surface area contributed by atoms with Gasteiger partial charge < -0.3 is 19.3 Å². The summed E-state index contributed by atoms with van der Waals surface area (Å²) in [4.78, 5) is 11.5. The van der Waals surface area contributed by atoms with E-state index in [2.05, 4.69) is 36.1 Å². The second-order valence-electron chi connectivity index (χ2n) is 9.79. The van der Waals surface area contributed by atoms with Crippen LogP contribution in [0.4, 0.5) is 0 Å². The van der Waals surface area contributed by atoms with Crippen LogP contribution in [0.25, 0.3) is 0 Å². The predicted molar refractivity (Wildman–Crippen MR) is 134 cm³/mol. The monoisotopic (exact) mass is 470 g/mol. The van der Waals surface area contributed by atoms with Crippen molar-refractivity contribution in [3.63, 3.8) is 0 Å². The zero-order valence-corrected chi connectivity index (χ0v) is 21.1. The minimum atomic E-state index is -0.511. The van der Waals surface area contributed by atoms with Crippen molar-refractivity contribution in [3.8, 4) is 11.8 Å². The number of aliphatic hydroxyl groups is 1. The molecule has 3 rings (SSSR count). The molecule has 34 heavy (non-hydrogen) atoms. The number of fused-ring (bicyclic) bond motifs is 1. The molecular formula is C29H42O5. The molecule has 5 nitrogen and oxygen atoms in total. The smallest absolute Gasteiger partial charge is 0.306 e. The second kappa shape index (κ2) is 13.9. The van der Waals surface area contributed by atoms with E-state index in [1.165, 1.54) is 5.57 Å². The van der Waals surface area contributed by atoms with Gasteiger partial charge in [0.15, 0.2) is 6.29 Å². The maximum Gasteiger partial charge on any atom is 0.306 e. The van der Waals surface area contributed by atoms with E-state index >= 15 is 0 Å². The van der Waals surface area contributed by atoms with Gasteiger partial charge in [0, 0.05) is 25.4 Å². The van der Waals surface area contributed by atoms with Crippen molar-refractivity contribution in [3.05, 3.63) is 36.0 Å². The van der Waals surface area contributed by atoms with Gasteiger partial charge in [-0.2, -0.15) is 0 Å². The van der Waals surface area contributed by atoms with E-state index in [0.717, 1.165) is 38.7 Å². The standard InChI is InChI=1S/C29H42O5/c1-4-6-11-21(3)26(30)16-15-24-25-19-22(12-7-8-13-28(31)32-5-2)18-23(25)20-27(24)34-29-14-9-10-17-33-29/h7,12,15-16,18,21,23-27,29-30H,5,8-11,13-14,17,19-20H2,1-3H3/b12-7?,16-15-/t21?,23-,24-,25-,26?,27+,29?/m0/s1. The molecule has 2 fully saturated rings. The number of rotatable bonds is 11. The van der Waals surface area contributed by atoms with Crippen molar-refractivity contribution >= 4 is 5.97 Å². The van der Waals surface area contributed by atoms with E-state index in [1.807, 2.05) is 26.8 Å².